The van der Waals surface area contributed by atoms with E-state index >= 15 is 0 Å². The molecule has 0 fully saturated rings. The number of para-hydroxylation sites is 2. The molecule has 3 aromatic carbocycles. The SMILES string of the molecule is C[C@@H](NC(=O)CCc1nc2ccccc2n(CCc2ccccc2)c1=O)c1ccc2c(c1)OCCO2. The summed E-state index contributed by atoms with van der Waals surface area (Å²) in [5, 5.41) is 3.02. The minimum atomic E-state index is -0.208. The predicted molar refractivity (Wildman–Crippen MR) is 138 cm³/mol. The Morgan fingerprint density at radius 1 is 0.972 bits per heavy atom. The van der Waals surface area contributed by atoms with E-state index in [4.69, 9.17) is 9.47 Å². The van der Waals surface area contributed by atoms with Crippen molar-refractivity contribution in [2.45, 2.75) is 38.8 Å². The summed E-state index contributed by atoms with van der Waals surface area (Å²) < 4.78 is 13.0. The third-order valence-corrected chi connectivity index (χ3v) is 6.42. The Hall–Kier alpha value is -4.13. The van der Waals surface area contributed by atoms with E-state index < -0.39 is 0 Å². The smallest absolute Gasteiger partial charge is 0.272 e. The molecule has 1 aromatic heterocycles. The molecule has 1 N–H and O–H groups in total. The zero-order chi connectivity index (χ0) is 24.9. The summed E-state index contributed by atoms with van der Waals surface area (Å²) in [7, 11) is 0. The van der Waals surface area contributed by atoms with Crippen molar-refractivity contribution in [3.05, 3.63) is 100.0 Å². The first kappa shape index (κ1) is 23.6. The van der Waals surface area contributed by atoms with Crippen LogP contribution in [0, 0.1) is 0 Å². The van der Waals surface area contributed by atoms with E-state index in [0.717, 1.165) is 28.8 Å². The molecule has 0 aliphatic carbocycles. The number of fused-ring (bicyclic) bond motifs is 2. The third kappa shape index (κ3) is 5.25. The van der Waals surface area contributed by atoms with Crippen LogP contribution < -0.4 is 20.3 Å². The fourth-order valence-corrected chi connectivity index (χ4v) is 4.47. The lowest BCUT2D eigenvalue weighted by atomic mass is 10.1. The fraction of sp³-hybridized carbons (Fsp3) is 0.276. The number of aryl methyl sites for hydroxylation is 3. The number of ether oxygens (including phenoxy) is 2. The van der Waals surface area contributed by atoms with Gasteiger partial charge in [-0.1, -0.05) is 48.5 Å². The summed E-state index contributed by atoms with van der Waals surface area (Å²) in [5.74, 6) is 1.27. The number of carbonyl (C=O) groups is 1. The van der Waals surface area contributed by atoms with Crippen molar-refractivity contribution in [1.82, 2.24) is 14.9 Å². The number of rotatable bonds is 8. The number of nitrogens with one attached hydrogen (secondary N) is 1. The number of nitrogens with zero attached hydrogens (tertiary/aromatic N) is 2. The highest BCUT2D eigenvalue weighted by Gasteiger charge is 2.17. The van der Waals surface area contributed by atoms with Crippen LogP contribution in [0.5, 0.6) is 11.5 Å². The summed E-state index contributed by atoms with van der Waals surface area (Å²) >= 11 is 0. The van der Waals surface area contributed by atoms with Crippen molar-refractivity contribution >= 4 is 16.9 Å². The van der Waals surface area contributed by atoms with Gasteiger partial charge in [0.05, 0.1) is 17.1 Å². The van der Waals surface area contributed by atoms with Gasteiger partial charge in [-0.2, -0.15) is 0 Å². The third-order valence-electron chi connectivity index (χ3n) is 6.42. The molecule has 1 aliphatic rings. The zero-order valence-electron chi connectivity index (χ0n) is 20.3. The minimum Gasteiger partial charge on any atom is -0.486 e. The largest absolute Gasteiger partial charge is 0.486 e. The lowest BCUT2D eigenvalue weighted by Crippen LogP contribution is -2.30. The van der Waals surface area contributed by atoms with Crippen LogP contribution >= 0.6 is 0 Å². The van der Waals surface area contributed by atoms with Crippen molar-refractivity contribution < 1.29 is 14.3 Å². The van der Waals surface area contributed by atoms with Crippen LogP contribution in [0.3, 0.4) is 0 Å². The second-order valence-corrected chi connectivity index (χ2v) is 8.93. The number of hydrogen-bond donors (Lipinski definition) is 1. The monoisotopic (exact) mass is 483 g/mol. The van der Waals surface area contributed by atoms with Gasteiger partial charge in [-0.25, -0.2) is 4.98 Å². The molecule has 7 heteroatoms. The number of carbonyl (C=O) groups excluding carboxylic acids is 1. The lowest BCUT2D eigenvalue weighted by molar-refractivity contribution is -0.121. The molecule has 0 radical (unpaired) electrons. The zero-order valence-corrected chi connectivity index (χ0v) is 20.3. The van der Waals surface area contributed by atoms with Crippen molar-refractivity contribution in [1.29, 1.82) is 0 Å². The Morgan fingerprint density at radius 3 is 2.56 bits per heavy atom. The summed E-state index contributed by atoms with van der Waals surface area (Å²) in [4.78, 5) is 30.7. The van der Waals surface area contributed by atoms with Gasteiger partial charge in [0.1, 0.15) is 18.9 Å². The van der Waals surface area contributed by atoms with Gasteiger partial charge in [0.25, 0.3) is 5.56 Å². The molecule has 0 saturated carbocycles. The minimum absolute atomic E-state index is 0.136. The number of amides is 1. The average molecular weight is 484 g/mol. The molecule has 184 valence electrons. The summed E-state index contributed by atoms with van der Waals surface area (Å²) in [6.45, 7) is 3.52. The Bertz CT molecular complexity index is 1430. The van der Waals surface area contributed by atoms with E-state index in [1.807, 2.05) is 67.6 Å². The van der Waals surface area contributed by atoms with Crippen LogP contribution in [0.1, 0.15) is 36.2 Å². The molecule has 7 nitrogen and oxygen atoms in total. The van der Waals surface area contributed by atoms with Crippen LogP contribution in [0.2, 0.25) is 0 Å². The molecule has 36 heavy (non-hydrogen) atoms. The molecule has 4 aromatic rings. The van der Waals surface area contributed by atoms with E-state index in [2.05, 4.69) is 22.4 Å². The summed E-state index contributed by atoms with van der Waals surface area (Å²) in [5.41, 5.74) is 3.92. The lowest BCUT2D eigenvalue weighted by Gasteiger charge is -2.21. The second kappa shape index (κ2) is 10.6. The van der Waals surface area contributed by atoms with E-state index in [0.29, 0.717) is 31.2 Å². The first-order valence-electron chi connectivity index (χ1n) is 12.3. The molecule has 1 amide bonds. The first-order valence-corrected chi connectivity index (χ1v) is 12.3. The second-order valence-electron chi connectivity index (χ2n) is 8.93. The Kier molecular flexibility index (Phi) is 6.98. The fourth-order valence-electron chi connectivity index (χ4n) is 4.47. The van der Waals surface area contributed by atoms with Gasteiger partial charge in [-0.3, -0.25) is 9.59 Å². The molecule has 0 spiro atoms. The molecular formula is C29H29N3O4. The van der Waals surface area contributed by atoms with Crippen LogP contribution in [0.25, 0.3) is 11.0 Å². The van der Waals surface area contributed by atoms with Crippen LogP contribution in [-0.4, -0.2) is 28.7 Å². The van der Waals surface area contributed by atoms with Crippen molar-refractivity contribution in [3.63, 3.8) is 0 Å². The maximum absolute atomic E-state index is 13.3. The highest BCUT2D eigenvalue weighted by atomic mass is 16.6. The maximum Gasteiger partial charge on any atom is 0.272 e. The van der Waals surface area contributed by atoms with Crippen molar-refractivity contribution in [2.24, 2.45) is 0 Å². The molecule has 1 aliphatic heterocycles. The van der Waals surface area contributed by atoms with Gasteiger partial charge in [0, 0.05) is 19.4 Å². The Morgan fingerprint density at radius 2 is 1.72 bits per heavy atom. The van der Waals surface area contributed by atoms with Gasteiger partial charge in [0.15, 0.2) is 11.5 Å². The number of benzene rings is 3. The van der Waals surface area contributed by atoms with Gasteiger partial charge in [-0.05, 0) is 48.7 Å². The van der Waals surface area contributed by atoms with Gasteiger partial charge in [-0.15, -0.1) is 0 Å². The van der Waals surface area contributed by atoms with Crippen LogP contribution in [0.15, 0.2) is 77.6 Å². The van der Waals surface area contributed by atoms with Gasteiger partial charge < -0.3 is 19.4 Å². The molecule has 1 atom stereocenters. The number of aromatic nitrogens is 2. The average Bonchev–Trinajstić information content (AvgIpc) is 2.91. The van der Waals surface area contributed by atoms with E-state index in [9.17, 15) is 9.59 Å². The molecule has 0 bridgehead atoms. The predicted octanol–water partition coefficient (Wildman–Crippen LogP) is 4.22. The maximum atomic E-state index is 13.3. The Balaban J connectivity index is 1.28. The first-order chi connectivity index (χ1) is 17.6. The van der Waals surface area contributed by atoms with Gasteiger partial charge >= 0.3 is 0 Å². The van der Waals surface area contributed by atoms with Crippen molar-refractivity contribution in [2.75, 3.05) is 13.2 Å². The highest BCUT2D eigenvalue weighted by Crippen LogP contribution is 2.32. The topological polar surface area (TPSA) is 82.5 Å². The quantitative estimate of drug-likeness (QED) is 0.406. The van der Waals surface area contributed by atoms with Crippen LogP contribution in [-0.2, 0) is 24.2 Å². The highest BCUT2D eigenvalue weighted by molar-refractivity contribution is 5.77. The summed E-state index contributed by atoms with van der Waals surface area (Å²) in [6, 6.07) is 23.2. The molecule has 5 rings (SSSR count). The molecular weight excluding hydrogens is 454 g/mol. The number of hydrogen-bond acceptors (Lipinski definition) is 5. The Labute approximate surface area is 209 Å². The normalized spacial score (nSPS) is 13.4. The van der Waals surface area contributed by atoms with Gasteiger partial charge in [0.2, 0.25) is 5.91 Å². The standard InChI is InChI=1S/C29H29N3O4/c1-20(22-11-13-26-27(19-22)36-18-17-35-26)30-28(33)14-12-24-29(34)32(16-15-21-7-3-2-4-8-21)25-10-6-5-9-23(25)31-24/h2-11,13,19-20H,12,14-18H2,1H3,(H,30,33)/t20-/m1/s1. The van der Waals surface area contributed by atoms with Crippen LogP contribution in [0.4, 0.5) is 0 Å². The van der Waals surface area contributed by atoms with E-state index in [1.54, 1.807) is 4.57 Å². The summed E-state index contributed by atoms with van der Waals surface area (Å²) in [6.07, 6.45) is 1.19. The molecule has 2 heterocycles. The molecule has 0 saturated heterocycles. The van der Waals surface area contributed by atoms with E-state index in [-0.39, 0.29) is 30.3 Å². The van der Waals surface area contributed by atoms with Crippen molar-refractivity contribution in [3.8, 4) is 11.5 Å². The van der Waals surface area contributed by atoms with E-state index in [1.165, 1.54) is 5.56 Å². The molecule has 0 unspecified atom stereocenters.